The molecule has 4 nitrogen and oxygen atoms in total. The van der Waals surface area contributed by atoms with E-state index in [-0.39, 0.29) is 5.91 Å². The minimum absolute atomic E-state index is 0.193. The van der Waals surface area contributed by atoms with Crippen LogP contribution in [-0.4, -0.2) is 19.1 Å². The maximum atomic E-state index is 12.8. The number of carbonyl (C=O) groups excluding carboxylic acids is 1. The summed E-state index contributed by atoms with van der Waals surface area (Å²) in [6.07, 6.45) is 2.85. The topological polar surface area (TPSA) is 47.6 Å². The van der Waals surface area contributed by atoms with E-state index in [9.17, 15) is 4.79 Å². The normalized spacial score (nSPS) is 10.7. The maximum Gasteiger partial charge on any atom is 0.259 e. The standard InChI is InChI=1S/C27H31NO3/c1-21(2)17-19-31-26-16-7-6-15-25(26)27(29)28-23-13-8-14-24(20-23)30-18-9-12-22-10-4-3-5-11-22/h3-8,10-11,13-16,20-21H,9,12,17-19H2,1-2H3,(H,28,29). The quantitative estimate of drug-likeness (QED) is 0.369. The molecule has 3 aromatic carbocycles. The van der Waals surface area contributed by atoms with Crippen LogP contribution in [0.4, 0.5) is 5.69 Å². The van der Waals surface area contributed by atoms with Gasteiger partial charge in [-0.15, -0.1) is 0 Å². The Morgan fingerprint density at radius 3 is 2.45 bits per heavy atom. The molecular formula is C27H31NO3. The molecule has 0 bridgehead atoms. The Morgan fingerprint density at radius 1 is 0.871 bits per heavy atom. The summed E-state index contributed by atoms with van der Waals surface area (Å²) in [7, 11) is 0. The number of benzene rings is 3. The lowest BCUT2D eigenvalue weighted by atomic mass is 10.1. The molecule has 0 aliphatic heterocycles. The van der Waals surface area contributed by atoms with Crippen LogP contribution in [0.1, 0.15) is 42.6 Å². The second-order valence-corrected chi connectivity index (χ2v) is 7.95. The summed E-state index contributed by atoms with van der Waals surface area (Å²) in [6, 6.07) is 25.2. The van der Waals surface area contributed by atoms with Crippen molar-refractivity contribution in [3.05, 3.63) is 90.0 Å². The Kier molecular flexibility index (Phi) is 8.53. The third-order valence-corrected chi connectivity index (χ3v) is 4.90. The third kappa shape index (κ3) is 7.49. The van der Waals surface area contributed by atoms with E-state index in [1.807, 2.05) is 48.5 Å². The number of carbonyl (C=O) groups is 1. The van der Waals surface area contributed by atoms with E-state index in [0.29, 0.717) is 36.1 Å². The number of amides is 1. The molecule has 4 heteroatoms. The lowest BCUT2D eigenvalue weighted by Crippen LogP contribution is -2.14. The number of para-hydroxylation sites is 1. The highest BCUT2D eigenvalue weighted by atomic mass is 16.5. The van der Waals surface area contributed by atoms with Gasteiger partial charge in [-0.05, 0) is 55.0 Å². The van der Waals surface area contributed by atoms with Crippen LogP contribution >= 0.6 is 0 Å². The molecule has 0 unspecified atom stereocenters. The minimum Gasteiger partial charge on any atom is -0.494 e. The first-order valence-electron chi connectivity index (χ1n) is 10.9. The van der Waals surface area contributed by atoms with Gasteiger partial charge in [0.05, 0.1) is 18.8 Å². The molecule has 0 radical (unpaired) electrons. The lowest BCUT2D eigenvalue weighted by molar-refractivity contribution is 0.102. The fourth-order valence-electron chi connectivity index (χ4n) is 3.16. The van der Waals surface area contributed by atoms with Crippen LogP contribution in [0.25, 0.3) is 0 Å². The molecule has 1 amide bonds. The zero-order chi connectivity index (χ0) is 21.9. The van der Waals surface area contributed by atoms with E-state index in [1.54, 1.807) is 6.07 Å². The van der Waals surface area contributed by atoms with Crippen molar-refractivity contribution < 1.29 is 14.3 Å². The average molecular weight is 418 g/mol. The number of aryl methyl sites for hydroxylation is 1. The molecule has 0 aliphatic carbocycles. The monoisotopic (exact) mass is 417 g/mol. The smallest absolute Gasteiger partial charge is 0.259 e. The molecule has 3 rings (SSSR count). The molecule has 0 saturated carbocycles. The van der Waals surface area contributed by atoms with Gasteiger partial charge in [-0.3, -0.25) is 4.79 Å². The van der Waals surface area contributed by atoms with E-state index in [4.69, 9.17) is 9.47 Å². The molecule has 0 heterocycles. The van der Waals surface area contributed by atoms with Gasteiger partial charge in [0, 0.05) is 11.8 Å². The predicted molar refractivity (Wildman–Crippen MR) is 126 cm³/mol. The fourth-order valence-corrected chi connectivity index (χ4v) is 3.16. The molecule has 0 spiro atoms. The van der Waals surface area contributed by atoms with Gasteiger partial charge in [-0.1, -0.05) is 62.4 Å². The number of rotatable bonds is 11. The highest BCUT2D eigenvalue weighted by molar-refractivity contribution is 6.06. The van der Waals surface area contributed by atoms with Crippen molar-refractivity contribution in [2.45, 2.75) is 33.1 Å². The van der Waals surface area contributed by atoms with Gasteiger partial charge in [0.1, 0.15) is 11.5 Å². The molecule has 1 N–H and O–H groups in total. The van der Waals surface area contributed by atoms with E-state index < -0.39 is 0 Å². The largest absolute Gasteiger partial charge is 0.494 e. The van der Waals surface area contributed by atoms with Gasteiger partial charge in [0.15, 0.2) is 0 Å². The molecule has 0 saturated heterocycles. The maximum absolute atomic E-state index is 12.8. The highest BCUT2D eigenvalue weighted by Crippen LogP contribution is 2.22. The molecule has 3 aromatic rings. The fraction of sp³-hybridized carbons (Fsp3) is 0.296. The molecular weight excluding hydrogens is 386 g/mol. The van der Waals surface area contributed by atoms with Crippen LogP contribution < -0.4 is 14.8 Å². The lowest BCUT2D eigenvalue weighted by Gasteiger charge is -2.13. The van der Waals surface area contributed by atoms with Crippen LogP contribution in [-0.2, 0) is 6.42 Å². The van der Waals surface area contributed by atoms with Crippen LogP contribution in [0.3, 0.4) is 0 Å². The number of hydrogen-bond acceptors (Lipinski definition) is 3. The minimum atomic E-state index is -0.193. The van der Waals surface area contributed by atoms with Crippen molar-refractivity contribution in [2.75, 3.05) is 18.5 Å². The van der Waals surface area contributed by atoms with Gasteiger partial charge in [0.2, 0.25) is 0 Å². The summed E-state index contributed by atoms with van der Waals surface area (Å²) in [5, 5.41) is 2.96. The van der Waals surface area contributed by atoms with E-state index in [0.717, 1.165) is 25.0 Å². The van der Waals surface area contributed by atoms with Crippen LogP contribution in [0.5, 0.6) is 11.5 Å². The summed E-state index contributed by atoms with van der Waals surface area (Å²) in [5.74, 6) is 1.71. The highest BCUT2D eigenvalue weighted by Gasteiger charge is 2.13. The first-order chi connectivity index (χ1) is 15.1. The second kappa shape index (κ2) is 11.8. The Morgan fingerprint density at radius 2 is 1.65 bits per heavy atom. The van der Waals surface area contributed by atoms with E-state index in [1.165, 1.54) is 5.56 Å². The van der Waals surface area contributed by atoms with Gasteiger partial charge in [-0.2, -0.15) is 0 Å². The molecule has 31 heavy (non-hydrogen) atoms. The average Bonchev–Trinajstić information content (AvgIpc) is 2.78. The Balaban J connectivity index is 1.54. The summed E-state index contributed by atoms with van der Waals surface area (Å²) in [5.41, 5.74) is 2.53. The van der Waals surface area contributed by atoms with Crippen molar-refractivity contribution in [1.82, 2.24) is 0 Å². The molecule has 0 aromatic heterocycles. The summed E-state index contributed by atoms with van der Waals surface area (Å²) < 4.78 is 11.7. The number of ether oxygens (including phenoxy) is 2. The van der Waals surface area contributed by atoms with E-state index >= 15 is 0 Å². The van der Waals surface area contributed by atoms with Gasteiger partial charge >= 0.3 is 0 Å². The Labute approximate surface area is 185 Å². The predicted octanol–water partition coefficient (Wildman–Crippen LogP) is 6.38. The van der Waals surface area contributed by atoms with Crippen LogP contribution in [0.2, 0.25) is 0 Å². The van der Waals surface area contributed by atoms with Crippen molar-refractivity contribution in [3.8, 4) is 11.5 Å². The number of hydrogen-bond donors (Lipinski definition) is 1. The summed E-state index contributed by atoms with van der Waals surface area (Å²) in [6.45, 7) is 5.52. The van der Waals surface area contributed by atoms with Gasteiger partial charge in [-0.25, -0.2) is 0 Å². The Bertz CT molecular complexity index is 953. The Hall–Kier alpha value is -3.27. The van der Waals surface area contributed by atoms with Crippen molar-refractivity contribution in [1.29, 1.82) is 0 Å². The van der Waals surface area contributed by atoms with Gasteiger partial charge < -0.3 is 14.8 Å². The van der Waals surface area contributed by atoms with E-state index in [2.05, 4.69) is 43.4 Å². The molecule has 0 fully saturated rings. The first kappa shape index (κ1) is 22.4. The van der Waals surface area contributed by atoms with Crippen molar-refractivity contribution >= 4 is 11.6 Å². The SMILES string of the molecule is CC(C)CCOc1ccccc1C(=O)Nc1cccc(OCCCc2ccccc2)c1. The number of anilines is 1. The molecule has 0 aliphatic rings. The summed E-state index contributed by atoms with van der Waals surface area (Å²) >= 11 is 0. The zero-order valence-electron chi connectivity index (χ0n) is 18.3. The first-order valence-corrected chi connectivity index (χ1v) is 10.9. The molecule has 0 atom stereocenters. The van der Waals surface area contributed by atoms with Crippen LogP contribution in [0.15, 0.2) is 78.9 Å². The number of nitrogens with one attached hydrogen (secondary N) is 1. The summed E-state index contributed by atoms with van der Waals surface area (Å²) in [4.78, 5) is 12.8. The second-order valence-electron chi connectivity index (χ2n) is 7.95. The van der Waals surface area contributed by atoms with Crippen molar-refractivity contribution in [2.24, 2.45) is 5.92 Å². The van der Waals surface area contributed by atoms with Crippen LogP contribution in [0, 0.1) is 5.92 Å². The zero-order valence-corrected chi connectivity index (χ0v) is 18.3. The molecule has 162 valence electrons. The van der Waals surface area contributed by atoms with Gasteiger partial charge in [0.25, 0.3) is 5.91 Å². The third-order valence-electron chi connectivity index (χ3n) is 4.90. The van der Waals surface area contributed by atoms with Crippen molar-refractivity contribution in [3.63, 3.8) is 0 Å².